The van der Waals surface area contributed by atoms with Crippen molar-refractivity contribution in [3.05, 3.63) is 59.3 Å². The van der Waals surface area contributed by atoms with Crippen molar-refractivity contribution in [2.45, 2.75) is 39.0 Å². The van der Waals surface area contributed by atoms with Crippen LogP contribution in [0.25, 0.3) is 0 Å². The molecule has 1 aliphatic rings. The predicted octanol–water partition coefficient (Wildman–Crippen LogP) is 4.23. The molecule has 6 nitrogen and oxygen atoms in total. The molecule has 0 spiro atoms. The van der Waals surface area contributed by atoms with Crippen molar-refractivity contribution in [3.8, 4) is 0 Å². The third-order valence-electron chi connectivity index (χ3n) is 4.56. The van der Waals surface area contributed by atoms with E-state index in [0.29, 0.717) is 17.1 Å². The largest absolute Gasteiger partial charge is 0.368 e. The number of rotatable bonds is 7. The molecule has 0 radical (unpaired) electrons. The smallest absolute Gasteiger partial charge is 0.276 e. The number of anilines is 2. The Balaban J connectivity index is 1.53. The van der Waals surface area contributed by atoms with Crippen molar-refractivity contribution in [3.63, 3.8) is 0 Å². The van der Waals surface area contributed by atoms with E-state index in [1.165, 1.54) is 38.2 Å². The first-order valence-electron chi connectivity index (χ1n) is 9.30. The number of ketones is 1. The van der Waals surface area contributed by atoms with Crippen LogP contribution in [0.1, 0.15) is 59.9 Å². The molecule has 27 heavy (non-hydrogen) atoms. The summed E-state index contributed by atoms with van der Waals surface area (Å²) < 4.78 is 0. The Morgan fingerprint density at radius 3 is 2.70 bits per heavy atom. The van der Waals surface area contributed by atoms with Gasteiger partial charge in [0, 0.05) is 17.8 Å². The van der Waals surface area contributed by atoms with Crippen molar-refractivity contribution in [2.24, 2.45) is 0 Å². The van der Waals surface area contributed by atoms with E-state index in [1.807, 2.05) is 0 Å². The van der Waals surface area contributed by atoms with Gasteiger partial charge >= 0.3 is 0 Å². The minimum atomic E-state index is -0.359. The quantitative estimate of drug-likeness (QED) is 0.567. The number of nitrogens with zero attached hydrogens (tertiary/aromatic N) is 2. The first-order valence-corrected chi connectivity index (χ1v) is 9.30. The van der Waals surface area contributed by atoms with Gasteiger partial charge in [0.05, 0.1) is 0 Å². The highest BCUT2D eigenvalue weighted by atomic mass is 16.2. The summed E-state index contributed by atoms with van der Waals surface area (Å²) in [5.41, 5.74) is 2.83. The molecule has 0 aliphatic heterocycles. The van der Waals surface area contributed by atoms with E-state index in [1.54, 1.807) is 36.4 Å². The summed E-state index contributed by atoms with van der Waals surface area (Å²) in [6, 6.07) is 10.2. The van der Waals surface area contributed by atoms with Crippen LogP contribution in [-0.4, -0.2) is 28.4 Å². The van der Waals surface area contributed by atoms with E-state index in [9.17, 15) is 9.59 Å². The number of hydrogen-bond donors (Lipinski definition) is 2. The third kappa shape index (κ3) is 5.48. The molecule has 3 rings (SSSR count). The third-order valence-corrected chi connectivity index (χ3v) is 4.56. The van der Waals surface area contributed by atoms with Crippen molar-refractivity contribution in [1.82, 2.24) is 10.2 Å². The maximum absolute atomic E-state index is 12.3. The first kappa shape index (κ1) is 18.8. The normalized spacial score (nSPS) is 13.6. The molecule has 140 valence electrons. The molecule has 1 aliphatic carbocycles. The van der Waals surface area contributed by atoms with Crippen molar-refractivity contribution >= 4 is 23.2 Å². The van der Waals surface area contributed by atoms with Crippen LogP contribution in [0.3, 0.4) is 0 Å². The van der Waals surface area contributed by atoms with Gasteiger partial charge in [-0.1, -0.05) is 23.8 Å². The number of amides is 1. The van der Waals surface area contributed by atoms with Gasteiger partial charge in [-0.2, -0.15) is 0 Å². The van der Waals surface area contributed by atoms with Crippen LogP contribution in [-0.2, 0) is 0 Å². The topological polar surface area (TPSA) is 84.0 Å². The standard InChI is InChI=1S/C21H24N4O2/c1-15(26)17-8-5-9-18(14-17)23-21(27)19-10-11-20(25-24-19)22-13-12-16-6-3-2-4-7-16/h5-6,8-11,14H,2-4,7,12-13H2,1H3,(H,22,25)(H,23,27). The lowest BCUT2D eigenvalue weighted by molar-refractivity contribution is 0.100. The van der Waals surface area contributed by atoms with Crippen LogP contribution in [0.2, 0.25) is 0 Å². The lowest BCUT2D eigenvalue weighted by atomic mass is 9.97. The van der Waals surface area contributed by atoms with Gasteiger partial charge < -0.3 is 10.6 Å². The van der Waals surface area contributed by atoms with E-state index < -0.39 is 0 Å². The Labute approximate surface area is 159 Å². The zero-order chi connectivity index (χ0) is 19.1. The summed E-state index contributed by atoms with van der Waals surface area (Å²) in [6.45, 7) is 2.30. The number of hydrogen-bond acceptors (Lipinski definition) is 5. The van der Waals surface area contributed by atoms with Gasteiger partial charge in [0.25, 0.3) is 5.91 Å². The Morgan fingerprint density at radius 2 is 2.00 bits per heavy atom. The zero-order valence-electron chi connectivity index (χ0n) is 15.5. The number of nitrogens with one attached hydrogen (secondary N) is 2. The summed E-state index contributed by atoms with van der Waals surface area (Å²) in [4.78, 5) is 23.7. The molecule has 0 saturated carbocycles. The Morgan fingerprint density at radius 1 is 1.11 bits per heavy atom. The van der Waals surface area contributed by atoms with Gasteiger partial charge in [-0.05, 0) is 63.3 Å². The molecule has 1 aromatic carbocycles. The summed E-state index contributed by atoms with van der Waals surface area (Å²) in [5.74, 6) is 0.244. The number of aromatic nitrogens is 2. The monoisotopic (exact) mass is 364 g/mol. The lowest BCUT2D eigenvalue weighted by Crippen LogP contribution is -2.15. The van der Waals surface area contributed by atoms with Crippen LogP contribution in [0.15, 0.2) is 48.0 Å². The van der Waals surface area contributed by atoms with E-state index >= 15 is 0 Å². The molecule has 2 aromatic rings. The van der Waals surface area contributed by atoms with Gasteiger partial charge in [-0.15, -0.1) is 10.2 Å². The van der Waals surface area contributed by atoms with Crippen molar-refractivity contribution in [2.75, 3.05) is 17.2 Å². The average Bonchev–Trinajstić information content (AvgIpc) is 2.69. The average molecular weight is 364 g/mol. The number of allylic oxidation sites excluding steroid dienone is 1. The first-order chi connectivity index (χ1) is 13.1. The second kappa shape index (κ2) is 9.07. The summed E-state index contributed by atoms with van der Waals surface area (Å²) >= 11 is 0. The molecule has 0 fully saturated rings. The molecule has 0 atom stereocenters. The van der Waals surface area contributed by atoms with Gasteiger partial charge in [-0.25, -0.2) is 0 Å². The minimum absolute atomic E-state index is 0.0506. The molecule has 0 unspecified atom stereocenters. The molecule has 1 heterocycles. The van der Waals surface area contributed by atoms with Gasteiger partial charge in [0.2, 0.25) is 0 Å². The van der Waals surface area contributed by atoms with Gasteiger partial charge in [0.1, 0.15) is 5.82 Å². The summed E-state index contributed by atoms with van der Waals surface area (Å²) in [7, 11) is 0. The highest BCUT2D eigenvalue weighted by Gasteiger charge is 2.10. The number of carbonyl (C=O) groups is 2. The summed E-state index contributed by atoms with van der Waals surface area (Å²) in [5, 5.41) is 14.0. The van der Waals surface area contributed by atoms with Crippen LogP contribution < -0.4 is 10.6 Å². The molecule has 0 bridgehead atoms. The SMILES string of the molecule is CC(=O)c1cccc(NC(=O)c2ccc(NCCC3=CCCCC3)nn2)c1. The molecule has 1 aromatic heterocycles. The molecule has 2 N–H and O–H groups in total. The van der Waals surface area contributed by atoms with Gasteiger partial charge in [0.15, 0.2) is 11.5 Å². The Hall–Kier alpha value is -3.02. The van der Waals surface area contributed by atoms with Crippen LogP contribution in [0.4, 0.5) is 11.5 Å². The van der Waals surface area contributed by atoms with Crippen LogP contribution in [0, 0.1) is 0 Å². The summed E-state index contributed by atoms with van der Waals surface area (Å²) in [6.07, 6.45) is 8.31. The zero-order valence-corrected chi connectivity index (χ0v) is 15.5. The molecular formula is C21H24N4O2. The van der Waals surface area contributed by atoms with Crippen molar-refractivity contribution in [1.29, 1.82) is 0 Å². The van der Waals surface area contributed by atoms with E-state index in [0.717, 1.165) is 13.0 Å². The minimum Gasteiger partial charge on any atom is -0.368 e. The fourth-order valence-corrected chi connectivity index (χ4v) is 3.04. The van der Waals surface area contributed by atoms with E-state index in [4.69, 9.17) is 0 Å². The van der Waals surface area contributed by atoms with Crippen LogP contribution in [0.5, 0.6) is 0 Å². The van der Waals surface area contributed by atoms with Crippen LogP contribution >= 0.6 is 0 Å². The molecule has 0 saturated heterocycles. The fourth-order valence-electron chi connectivity index (χ4n) is 3.04. The van der Waals surface area contributed by atoms with E-state index in [2.05, 4.69) is 26.9 Å². The van der Waals surface area contributed by atoms with Gasteiger partial charge in [-0.3, -0.25) is 9.59 Å². The maximum Gasteiger partial charge on any atom is 0.276 e. The second-order valence-corrected chi connectivity index (χ2v) is 6.68. The highest BCUT2D eigenvalue weighted by molar-refractivity contribution is 6.03. The molecular weight excluding hydrogens is 340 g/mol. The Bertz CT molecular complexity index is 844. The number of benzene rings is 1. The van der Waals surface area contributed by atoms with Crippen molar-refractivity contribution < 1.29 is 9.59 Å². The fraction of sp³-hybridized carbons (Fsp3) is 0.333. The van der Waals surface area contributed by atoms with E-state index in [-0.39, 0.29) is 17.4 Å². The number of Topliss-reactive ketones (excluding diaryl/α,β-unsaturated/α-hetero) is 1. The lowest BCUT2D eigenvalue weighted by Gasteiger charge is -2.13. The Kier molecular flexibility index (Phi) is 6.30. The second-order valence-electron chi connectivity index (χ2n) is 6.68. The highest BCUT2D eigenvalue weighted by Crippen LogP contribution is 2.20. The predicted molar refractivity (Wildman–Crippen MR) is 106 cm³/mol. The maximum atomic E-state index is 12.3. The number of carbonyl (C=O) groups excluding carboxylic acids is 2. The molecule has 1 amide bonds. The molecule has 6 heteroatoms.